The second kappa shape index (κ2) is 6.36. The molecule has 0 bridgehead atoms. The van der Waals surface area contributed by atoms with E-state index in [0.717, 1.165) is 50.3 Å². The van der Waals surface area contributed by atoms with Crippen LogP contribution in [0.5, 0.6) is 5.75 Å². The maximum atomic E-state index is 5.53. The highest BCUT2D eigenvalue weighted by Gasteiger charge is 2.27. The number of ether oxygens (including phenoxy) is 1. The molecule has 2 aliphatic rings. The molecule has 0 saturated carbocycles. The third kappa shape index (κ3) is 2.48. The molecule has 4 nitrogen and oxygen atoms in total. The van der Waals surface area contributed by atoms with Gasteiger partial charge in [0.15, 0.2) is 0 Å². The van der Waals surface area contributed by atoms with Gasteiger partial charge >= 0.3 is 0 Å². The lowest BCUT2D eigenvalue weighted by molar-refractivity contribution is 0.415. The Bertz CT molecular complexity index is 959. The summed E-state index contributed by atoms with van der Waals surface area (Å²) in [6.07, 6.45) is 3.30. The molecular weight excluding hydrogens is 322 g/mol. The van der Waals surface area contributed by atoms with Crippen LogP contribution in [0.3, 0.4) is 0 Å². The fourth-order valence-corrected chi connectivity index (χ4v) is 4.71. The van der Waals surface area contributed by atoms with Gasteiger partial charge in [0, 0.05) is 36.6 Å². The van der Waals surface area contributed by atoms with Gasteiger partial charge in [-0.25, -0.2) is 0 Å². The van der Waals surface area contributed by atoms with Crippen LogP contribution in [0.4, 0.5) is 5.69 Å². The summed E-state index contributed by atoms with van der Waals surface area (Å²) in [6.45, 7) is 3.17. The number of hydrogen-bond donors (Lipinski definition) is 2. The number of nitrogens with zero attached hydrogens (tertiary/aromatic N) is 1. The van der Waals surface area contributed by atoms with E-state index in [4.69, 9.17) is 4.74 Å². The molecule has 2 aliphatic heterocycles. The van der Waals surface area contributed by atoms with Crippen LogP contribution in [0.15, 0.2) is 42.5 Å². The number of methoxy groups -OCH3 is 1. The Morgan fingerprint density at radius 3 is 2.88 bits per heavy atom. The van der Waals surface area contributed by atoms with Gasteiger partial charge in [-0.15, -0.1) is 0 Å². The van der Waals surface area contributed by atoms with Crippen molar-refractivity contribution in [3.63, 3.8) is 0 Å². The molecule has 4 heteroatoms. The molecule has 5 rings (SSSR count). The van der Waals surface area contributed by atoms with Gasteiger partial charge in [-0.3, -0.25) is 0 Å². The topological polar surface area (TPSA) is 38.2 Å². The van der Waals surface area contributed by atoms with Crippen molar-refractivity contribution in [2.24, 2.45) is 0 Å². The number of anilines is 1. The lowest BCUT2D eigenvalue weighted by Crippen LogP contribution is -2.32. The maximum absolute atomic E-state index is 5.53. The molecule has 2 aromatic carbocycles. The van der Waals surface area contributed by atoms with Crippen LogP contribution in [0.2, 0.25) is 0 Å². The molecule has 1 atom stereocenters. The van der Waals surface area contributed by atoms with E-state index in [1.54, 1.807) is 12.7 Å². The van der Waals surface area contributed by atoms with E-state index in [-0.39, 0.29) is 0 Å². The largest absolute Gasteiger partial charge is 0.495 e. The smallest absolute Gasteiger partial charge is 0.141 e. The number of benzene rings is 2. The lowest BCUT2D eigenvalue weighted by Gasteiger charge is -2.28. The molecule has 1 unspecified atom stereocenters. The monoisotopic (exact) mass is 347 g/mol. The zero-order valence-electron chi connectivity index (χ0n) is 15.2. The highest BCUT2D eigenvalue weighted by Crippen LogP contribution is 2.35. The SMILES string of the molecule is COc1ccccc1NC1Cc2cccc3c4c(n(c23)C1)CCNCC4. The Kier molecular flexibility index (Phi) is 3.86. The van der Waals surface area contributed by atoms with E-state index in [9.17, 15) is 0 Å². The van der Waals surface area contributed by atoms with Gasteiger partial charge in [-0.05, 0) is 42.6 Å². The van der Waals surface area contributed by atoms with Gasteiger partial charge in [-0.2, -0.15) is 0 Å². The van der Waals surface area contributed by atoms with Crippen molar-refractivity contribution in [1.29, 1.82) is 0 Å². The predicted molar refractivity (Wildman–Crippen MR) is 106 cm³/mol. The zero-order valence-corrected chi connectivity index (χ0v) is 15.2. The summed E-state index contributed by atoms with van der Waals surface area (Å²) < 4.78 is 8.12. The summed E-state index contributed by atoms with van der Waals surface area (Å²) in [5, 5.41) is 8.75. The third-order valence-electron chi connectivity index (χ3n) is 5.82. The molecule has 0 spiro atoms. The second-order valence-electron chi connectivity index (χ2n) is 7.34. The first-order valence-electron chi connectivity index (χ1n) is 9.57. The van der Waals surface area contributed by atoms with Crippen LogP contribution in [0.25, 0.3) is 10.9 Å². The number of nitrogens with one attached hydrogen (secondary N) is 2. The van der Waals surface area contributed by atoms with Gasteiger partial charge in [0.25, 0.3) is 0 Å². The molecule has 0 saturated heterocycles. The number of fused-ring (bicyclic) bond motifs is 3. The maximum Gasteiger partial charge on any atom is 0.141 e. The van der Waals surface area contributed by atoms with Crippen LogP contribution < -0.4 is 15.4 Å². The Balaban J connectivity index is 1.55. The fourth-order valence-electron chi connectivity index (χ4n) is 4.71. The first kappa shape index (κ1) is 15.8. The van der Waals surface area contributed by atoms with Crippen LogP contribution in [0.1, 0.15) is 16.8 Å². The molecule has 0 amide bonds. The molecule has 3 heterocycles. The Morgan fingerprint density at radius 1 is 1.08 bits per heavy atom. The van der Waals surface area contributed by atoms with E-state index in [1.807, 2.05) is 12.1 Å². The summed E-state index contributed by atoms with van der Waals surface area (Å²) >= 11 is 0. The van der Waals surface area contributed by atoms with E-state index in [0.29, 0.717) is 6.04 Å². The summed E-state index contributed by atoms with van der Waals surface area (Å²) in [5.74, 6) is 0.909. The normalized spacial score (nSPS) is 19.0. The first-order valence-corrected chi connectivity index (χ1v) is 9.57. The average molecular weight is 347 g/mol. The summed E-state index contributed by atoms with van der Waals surface area (Å²) in [6, 6.07) is 15.4. The molecule has 26 heavy (non-hydrogen) atoms. The minimum atomic E-state index is 0.372. The standard InChI is InChI=1S/C22H25N3O/c1-26-21-8-3-2-7-19(21)24-16-13-15-5-4-6-18-17-9-11-23-12-10-20(17)25(14-16)22(15)18/h2-8,16,23-24H,9-14H2,1H3. The van der Waals surface area contributed by atoms with Crippen molar-refractivity contribution in [3.8, 4) is 5.75 Å². The molecular formula is C22H25N3O. The molecule has 3 aromatic rings. The highest BCUT2D eigenvalue weighted by molar-refractivity contribution is 5.89. The molecule has 0 radical (unpaired) electrons. The van der Waals surface area contributed by atoms with Crippen LogP contribution in [0, 0.1) is 0 Å². The summed E-state index contributed by atoms with van der Waals surface area (Å²) in [7, 11) is 1.74. The molecule has 1 aromatic heterocycles. The number of para-hydroxylation sites is 3. The number of rotatable bonds is 3. The van der Waals surface area contributed by atoms with Crippen LogP contribution in [-0.2, 0) is 25.8 Å². The number of aromatic nitrogens is 1. The summed E-state index contributed by atoms with van der Waals surface area (Å²) in [4.78, 5) is 0. The van der Waals surface area contributed by atoms with E-state index in [2.05, 4.69) is 45.5 Å². The average Bonchev–Trinajstić information content (AvgIpc) is 2.84. The summed E-state index contributed by atoms with van der Waals surface area (Å²) in [5.41, 5.74) is 7.10. The van der Waals surface area contributed by atoms with Crippen molar-refractivity contribution in [3.05, 3.63) is 59.3 Å². The Labute approximate surface area is 154 Å². The van der Waals surface area contributed by atoms with Gasteiger partial charge in [0.1, 0.15) is 5.75 Å². The van der Waals surface area contributed by atoms with E-state index in [1.165, 1.54) is 22.2 Å². The highest BCUT2D eigenvalue weighted by atomic mass is 16.5. The predicted octanol–water partition coefficient (Wildman–Crippen LogP) is 3.37. The lowest BCUT2D eigenvalue weighted by atomic mass is 9.98. The Morgan fingerprint density at radius 2 is 1.96 bits per heavy atom. The van der Waals surface area contributed by atoms with Crippen molar-refractivity contribution < 1.29 is 4.74 Å². The molecule has 0 fully saturated rings. The quantitative estimate of drug-likeness (QED) is 0.763. The van der Waals surface area contributed by atoms with Crippen molar-refractivity contribution >= 4 is 16.6 Å². The third-order valence-corrected chi connectivity index (χ3v) is 5.82. The van der Waals surface area contributed by atoms with Crippen molar-refractivity contribution in [2.75, 3.05) is 25.5 Å². The van der Waals surface area contributed by atoms with E-state index < -0.39 is 0 Å². The first-order chi connectivity index (χ1) is 12.8. The van der Waals surface area contributed by atoms with Gasteiger partial charge < -0.3 is 19.9 Å². The minimum absolute atomic E-state index is 0.372. The minimum Gasteiger partial charge on any atom is -0.495 e. The fraction of sp³-hybridized carbons (Fsp3) is 0.364. The van der Waals surface area contributed by atoms with E-state index >= 15 is 0 Å². The van der Waals surface area contributed by atoms with Crippen LogP contribution in [-0.4, -0.2) is 30.8 Å². The van der Waals surface area contributed by atoms with Gasteiger partial charge in [0.05, 0.1) is 18.3 Å². The molecule has 134 valence electrons. The van der Waals surface area contributed by atoms with Gasteiger partial charge in [0.2, 0.25) is 0 Å². The van der Waals surface area contributed by atoms with Crippen molar-refractivity contribution in [1.82, 2.24) is 9.88 Å². The van der Waals surface area contributed by atoms with Crippen LogP contribution >= 0.6 is 0 Å². The second-order valence-corrected chi connectivity index (χ2v) is 7.34. The Hall–Kier alpha value is -2.46. The van der Waals surface area contributed by atoms with Crippen molar-refractivity contribution in [2.45, 2.75) is 31.8 Å². The molecule has 2 N–H and O–H groups in total. The van der Waals surface area contributed by atoms with Gasteiger partial charge in [-0.1, -0.05) is 30.3 Å². The molecule has 0 aliphatic carbocycles. The zero-order chi connectivity index (χ0) is 17.5. The number of hydrogen-bond acceptors (Lipinski definition) is 3.